The number of hydrogen-bond acceptors (Lipinski definition) is 5. The Morgan fingerprint density at radius 3 is 2.43 bits per heavy atom. The lowest BCUT2D eigenvalue weighted by Crippen LogP contribution is -2.14. The van der Waals surface area contributed by atoms with Crippen LogP contribution in [-0.4, -0.2) is 26.7 Å². The van der Waals surface area contributed by atoms with Crippen LogP contribution in [0, 0.1) is 11.3 Å². The van der Waals surface area contributed by atoms with Gasteiger partial charge >= 0.3 is 0 Å². The number of anilines is 1. The number of rotatable bonds is 9. The molecule has 0 saturated heterocycles. The van der Waals surface area contributed by atoms with Gasteiger partial charge in [0.2, 0.25) is 0 Å². The van der Waals surface area contributed by atoms with Crippen molar-refractivity contribution < 1.29 is 19.0 Å². The van der Waals surface area contributed by atoms with Crippen LogP contribution in [0.3, 0.4) is 0 Å². The average Bonchev–Trinajstić information content (AvgIpc) is 2.73. The number of hydrogen-bond donors (Lipinski definition) is 1. The van der Waals surface area contributed by atoms with Gasteiger partial charge in [0.1, 0.15) is 28.9 Å². The van der Waals surface area contributed by atoms with Gasteiger partial charge in [0.25, 0.3) is 5.91 Å². The number of carbonyl (C=O) groups excluding carboxylic acids is 1. The molecule has 2 rings (SSSR count). The second-order valence-corrected chi connectivity index (χ2v) is 5.96. The highest BCUT2D eigenvalue weighted by molar-refractivity contribution is 6.10. The largest absolute Gasteiger partial charge is 0.497 e. The van der Waals surface area contributed by atoms with Crippen LogP contribution < -0.4 is 19.5 Å². The van der Waals surface area contributed by atoms with E-state index in [2.05, 4.69) is 12.2 Å². The maximum atomic E-state index is 12.5. The Hall–Kier alpha value is -3.46. The highest BCUT2D eigenvalue weighted by Crippen LogP contribution is 2.29. The Labute approximate surface area is 165 Å². The maximum Gasteiger partial charge on any atom is 0.266 e. The van der Waals surface area contributed by atoms with E-state index in [0.29, 0.717) is 23.8 Å². The first kappa shape index (κ1) is 20.8. The molecule has 0 aliphatic rings. The van der Waals surface area contributed by atoms with Crippen molar-refractivity contribution in [3.63, 3.8) is 0 Å². The first-order valence-electron chi connectivity index (χ1n) is 8.99. The molecule has 0 atom stereocenters. The summed E-state index contributed by atoms with van der Waals surface area (Å²) in [6.45, 7) is 2.77. The summed E-state index contributed by atoms with van der Waals surface area (Å²) in [7, 11) is 3.04. The summed E-state index contributed by atoms with van der Waals surface area (Å²) in [6.07, 6.45) is 3.59. The molecule has 0 fully saturated rings. The molecule has 0 radical (unpaired) electrons. The van der Waals surface area contributed by atoms with Crippen LogP contribution in [0.25, 0.3) is 6.08 Å². The van der Waals surface area contributed by atoms with Gasteiger partial charge < -0.3 is 19.5 Å². The zero-order valence-corrected chi connectivity index (χ0v) is 16.3. The first-order valence-corrected chi connectivity index (χ1v) is 8.99. The summed E-state index contributed by atoms with van der Waals surface area (Å²) in [5, 5.41) is 12.1. The van der Waals surface area contributed by atoms with Crippen molar-refractivity contribution >= 4 is 17.7 Å². The zero-order chi connectivity index (χ0) is 20.4. The van der Waals surface area contributed by atoms with Crippen molar-refractivity contribution in [3.05, 3.63) is 53.6 Å². The number of unbranched alkanes of at least 4 members (excludes halogenated alkanes) is 1. The Morgan fingerprint density at radius 2 is 1.82 bits per heavy atom. The molecule has 0 unspecified atom stereocenters. The van der Waals surface area contributed by atoms with Gasteiger partial charge in [-0.05, 0) is 42.3 Å². The number of carbonyl (C=O) groups is 1. The molecule has 6 nitrogen and oxygen atoms in total. The predicted molar refractivity (Wildman–Crippen MR) is 109 cm³/mol. The minimum Gasteiger partial charge on any atom is -0.497 e. The number of benzene rings is 2. The molecule has 1 amide bonds. The topological polar surface area (TPSA) is 80.6 Å². The van der Waals surface area contributed by atoms with Crippen molar-refractivity contribution in [2.45, 2.75) is 19.8 Å². The Balaban J connectivity index is 2.12. The molecule has 0 spiro atoms. The highest BCUT2D eigenvalue weighted by Gasteiger charge is 2.13. The molecule has 0 heterocycles. The van der Waals surface area contributed by atoms with Crippen LogP contribution in [0.1, 0.15) is 25.3 Å². The summed E-state index contributed by atoms with van der Waals surface area (Å²) >= 11 is 0. The summed E-state index contributed by atoms with van der Waals surface area (Å²) in [4.78, 5) is 12.5. The van der Waals surface area contributed by atoms with E-state index in [1.165, 1.54) is 13.2 Å². The van der Waals surface area contributed by atoms with Crippen molar-refractivity contribution in [3.8, 4) is 23.3 Å². The SMILES string of the molecule is CCCCOc1ccc(/C=C(\C#N)C(=O)Nc2ccc(OC)cc2OC)cc1. The zero-order valence-electron chi connectivity index (χ0n) is 16.3. The maximum absolute atomic E-state index is 12.5. The van der Waals surface area contributed by atoms with Gasteiger partial charge in [-0.1, -0.05) is 25.5 Å². The van der Waals surface area contributed by atoms with Crippen molar-refractivity contribution in [2.24, 2.45) is 0 Å². The molecule has 2 aromatic carbocycles. The molecular weight excluding hydrogens is 356 g/mol. The Morgan fingerprint density at radius 1 is 1.11 bits per heavy atom. The monoisotopic (exact) mass is 380 g/mol. The fourth-order valence-corrected chi connectivity index (χ4v) is 2.40. The quantitative estimate of drug-likeness (QED) is 0.395. The normalized spacial score (nSPS) is 10.7. The van der Waals surface area contributed by atoms with E-state index in [-0.39, 0.29) is 5.57 Å². The minimum atomic E-state index is -0.519. The molecule has 0 aromatic heterocycles. The van der Waals surface area contributed by atoms with Crippen LogP contribution in [0.4, 0.5) is 5.69 Å². The summed E-state index contributed by atoms with van der Waals surface area (Å²) in [5.41, 5.74) is 1.17. The molecule has 28 heavy (non-hydrogen) atoms. The molecule has 0 saturated carbocycles. The number of ether oxygens (including phenoxy) is 3. The van der Waals surface area contributed by atoms with E-state index in [9.17, 15) is 10.1 Å². The number of nitrogens with one attached hydrogen (secondary N) is 1. The van der Waals surface area contributed by atoms with E-state index in [4.69, 9.17) is 14.2 Å². The van der Waals surface area contributed by atoms with Gasteiger partial charge in [-0.25, -0.2) is 0 Å². The number of nitriles is 1. The van der Waals surface area contributed by atoms with Gasteiger partial charge in [0.15, 0.2) is 0 Å². The van der Waals surface area contributed by atoms with Crippen LogP contribution in [0.5, 0.6) is 17.2 Å². The second-order valence-electron chi connectivity index (χ2n) is 5.96. The fraction of sp³-hybridized carbons (Fsp3) is 0.273. The molecular formula is C22H24N2O4. The third kappa shape index (κ3) is 5.78. The lowest BCUT2D eigenvalue weighted by atomic mass is 10.1. The van der Waals surface area contributed by atoms with Crippen LogP contribution in [0.2, 0.25) is 0 Å². The molecule has 2 aromatic rings. The summed E-state index contributed by atoms with van der Waals surface area (Å²) in [5.74, 6) is 1.29. The Kier molecular flexibility index (Phi) is 7.92. The number of amides is 1. The van der Waals surface area contributed by atoms with Crippen molar-refractivity contribution in [2.75, 3.05) is 26.1 Å². The van der Waals surface area contributed by atoms with Gasteiger partial charge in [-0.15, -0.1) is 0 Å². The minimum absolute atomic E-state index is 0.0162. The number of methoxy groups -OCH3 is 2. The lowest BCUT2D eigenvalue weighted by Gasteiger charge is -2.11. The van der Waals surface area contributed by atoms with Crippen LogP contribution in [0.15, 0.2) is 48.0 Å². The van der Waals surface area contributed by atoms with Gasteiger partial charge in [0.05, 0.1) is 26.5 Å². The molecule has 1 N–H and O–H groups in total. The third-order valence-electron chi connectivity index (χ3n) is 3.98. The molecule has 146 valence electrons. The number of nitrogens with zero attached hydrogens (tertiary/aromatic N) is 1. The van der Waals surface area contributed by atoms with Crippen LogP contribution >= 0.6 is 0 Å². The average molecular weight is 380 g/mol. The molecule has 0 aliphatic heterocycles. The second kappa shape index (κ2) is 10.6. The highest BCUT2D eigenvalue weighted by atomic mass is 16.5. The molecule has 0 aliphatic carbocycles. The molecule has 0 bridgehead atoms. The standard InChI is InChI=1S/C22H24N2O4/c1-4-5-12-28-18-8-6-16(7-9-18)13-17(15-23)22(25)24-20-11-10-19(26-2)14-21(20)27-3/h6-11,13-14H,4-5,12H2,1-3H3,(H,24,25)/b17-13+. The van der Waals surface area contributed by atoms with E-state index < -0.39 is 5.91 Å². The predicted octanol–water partition coefficient (Wildman–Crippen LogP) is 4.43. The van der Waals surface area contributed by atoms with Gasteiger partial charge in [-0.3, -0.25) is 4.79 Å². The lowest BCUT2D eigenvalue weighted by molar-refractivity contribution is -0.112. The van der Waals surface area contributed by atoms with E-state index in [0.717, 1.165) is 24.2 Å². The summed E-state index contributed by atoms with van der Waals surface area (Å²) in [6, 6.07) is 14.2. The smallest absolute Gasteiger partial charge is 0.266 e. The Bertz CT molecular complexity index is 867. The first-order chi connectivity index (χ1) is 13.6. The third-order valence-corrected chi connectivity index (χ3v) is 3.98. The van der Waals surface area contributed by atoms with E-state index >= 15 is 0 Å². The van der Waals surface area contributed by atoms with E-state index in [1.807, 2.05) is 18.2 Å². The van der Waals surface area contributed by atoms with E-state index in [1.54, 1.807) is 37.4 Å². The van der Waals surface area contributed by atoms with Crippen molar-refractivity contribution in [1.82, 2.24) is 0 Å². The summed E-state index contributed by atoms with van der Waals surface area (Å²) < 4.78 is 16.0. The van der Waals surface area contributed by atoms with Crippen LogP contribution in [-0.2, 0) is 4.79 Å². The van der Waals surface area contributed by atoms with Crippen molar-refractivity contribution in [1.29, 1.82) is 5.26 Å². The molecule has 6 heteroatoms. The fourth-order valence-electron chi connectivity index (χ4n) is 2.40. The van der Waals surface area contributed by atoms with Gasteiger partial charge in [-0.2, -0.15) is 5.26 Å². The van der Waals surface area contributed by atoms with Gasteiger partial charge in [0, 0.05) is 6.07 Å².